The molecule has 7 heavy (non-hydrogen) atoms. The molecule has 46 valence electrons. The fraction of sp³-hybridized carbons (Fsp3) is 1.00. The number of halogens is 1. The molecule has 0 nitrogen and oxygen atoms in total. The predicted octanol–water partition coefficient (Wildman–Crippen LogP) is -3.61. The van der Waals surface area contributed by atoms with Crippen molar-refractivity contribution < 1.29 is 24.0 Å². The Bertz CT molecular complexity index is 19.2. The van der Waals surface area contributed by atoms with Crippen LogP contribution in [0.15, 0.2) is 0 Å². The Morgan fingerprint density at radius 2 is 1.86 bits per heavy atom. The first-order chi connectivity index (χ1) is 2.41. The van der Waals surface area contributed by atoms with Crippen molar-refractivity contribution in [1.29, 1.82) is 0 Å². The second-order valence-electron chi connectivity index (χ2n) is 1.21. The van der Waals surface area contributed by atoms with Gasteiger partial charge in [-0.05, 0) is 0 Å². The Balaban J connectivity index is -0.0000000800. The first kappa shape index (κ1) is 16.0. The minimum atomic E-state index is 0. The molecular weight excluding hydrogens is 366 g/mol. The summed E-state index contributed by atoms with van der Waals surface area (Å²) in [4.78, 5) is 0. The average Bonchev–Trinajstić information content (AvgIpc) is 1.41. The fourth-order valence-electron chi connectivity index (χ4n) is 0.250. The van der Waals surface area contributed by atoms with Crippen LogP contribution in [0.5, 0.6) is 0 Å². The fourth-order valence-corrected chi connectivity index (χ4v) is 1.30. The third-order valence-electron chi connectivity index (χ3n) is 0.604. The Kier molecular flexibility index (Phi) is 35.9. The molecule has 0 aromatic carbocycles. The van der Waals surface area contributed by atoms with Crippen molar-refractivity contribution in [2.24, 2.45) is 0 Å². The molecule has 0 amide bonds. The van der Waals surface area contributed by atoms with E-state index in [1.807, 2.05) is 0 Å². The molecule has 0 saturated heterocycles. The van der Waals surface area contributed by atoms with Crippen molar-refractivity contribution in [2.45, 2.75) is 25.0 Å². The zero-order valence-corrected chi connectivity index (χ0v) is 9.33. The molecule has 0 bridgehead atoms. The van der Waals surface area contributed by atoms with E-state index in [4.69, 9.17) is 0 Å². The number of hydrogen-bond acceptors (Lipinski definition) is 0. The molecule has 0 heterocycles. The predicted molar refractivity (Wildman–Crippen MR) is 39.6 cm³/mol. The van der Waals surface area contributed by atoms with E-state index in [9.17, 15) is 0 Å². The third kappa shape index (κ3) is 17.9. The molecule has 0 atom stereocenters. The molecule has 0 fully saturated rings. The molecule has 0 rings (SSSR count). The van der Waals surface area contributed by atoms with Crippen molar-refractivity contribution in [1.82, 2.24) is 0 Å². The van der Waals surface area contributed by atoms with Gasteiger partial charge in [0.15, 0.2) is 0 Å². The molecule has 0 aliphatic carbocycles. The zero-order chi connectivity index (χ0) is 4.12. The second kappa shape index (κ2) is 15.7. The van der Waals surface area contributed by atoms with E-state index in [0.29, 0.717) is 0 Å². The van der Waals surface area contributed by atoms with Crippen LogP contribution >= 0.6 is 0 Å². The number of rotatable bonds is 2. The maximum absolute atomic E-state index is 2.23. The van der Waals surface area contributed by atoms with Crippen LogP contribution < -0.4 is 24.0 Å². The summed E-state index contributed by atoms with van der Waals surface area (Å²) in [6, 6.07) is 0. The summed E-state index contributed by atoms with van der Waals surface area (Å²) < 4.78 is 0. The van der Waals surface area contributed by atoms with E-state index in [1.165, 1.54) is 34.6 Å². The summed E-state index contributed by atoms with van der Waals surface area (Å²) in [6.07, 6.45) is 2.82. The van der Waals surface area contributed by atoms with Crippen LogP contribution in [0, 0.1) is 0 Å². The van der Waals surface area contributed by atoms with Gasteiger partial charge in [0.1, 0.15) is 0 Å². The van der Waals surface area contributed by atoms with Crippen LogP contribution in [0.25, 0.3) is 0 Å². The SMILES string of the molecule is CCC[CH2][GeH2+].[I-].[SnH4]. The van der Waals surface area contributed by atoms with E-state index in [0.717, 1.165) is 0 Å². The zero-order valence-electron chi connectivity index (χ0n) is 4.21. The standard InChI is InChI=1S/C4H11Ge.HI.Sn.4H/c1-2-3-4-5;;;;;;/h2-5H2,1H3;1H;;;;;/q+1;;;;;;/p-1. The van der Waals surface area contributed by atoms with Gasteiger partial charge in [0.2, 0.25) is 0 Å². The molecule has 0 aromatic rings. The van der Waals surface area contributed by atoms with Crippen molar-refractivity contribution in [3.63, 3.8) is 0 Å². The summed E-state index contributed by atoms with van der Waals surface area (Å²) in [5.41, 5.74) is 0. The van der Waals surface area contributed by atoms with Crippen molar-refractivity contribution in [3.05, 3.63) is 0 Å². The van der Waals surface area contributed by atoms with Gasteiger partial charge in [-0.1, -0.05) is 0 Å². The molecule has 0 N–H and O–H groups in total. The molecule has 0 saturated carbocycles. The third-order valence-corrected chi connectivity index (χ3v) is 1.65. The molecule has 0 unspecified atom stereocenters. The number of unbranched alkanes of at least 4 members (excludes halogenated alkanes) is 1. The van der Waals surface area contributed by atoms with Gasteiger partial charge in [-0.25, -0.2) is 0 Å². The van der Waals surface area contributed by atoms with E-state index in [-0.39, 0.29) is 47.9 Å². The molecule has 3 heteroatoms. The van der Waals surface area contributed by atoms with Crippen molar-refractivity contribution >= 4 is 40.4 Å². The second-order valence-corrected chi connectivity index (χ2v) is 2.69. The summed E-state index contributed by atoms with van der Waals surface area (Å²) in [5, 5.41) is 1.47. The van der Waals surface area contributed by atoms with Crippen LogP contribution in [0.2, 0.25) is 5.25 Å². The van der Waals surface area contributed by atoms with E-state index in [2.05, 4.69) is 6.92 Å². The summed E-state index contributed by atoms with van der Waals surface area (Å²) >= 11 is 1.48. The molecule has 0 aliphatic heterocycles. The normalized spacial score (nSPS) is 5.86. The number of hydrogen-bond donors (Lipinski definition) is 0. The van der Waals surface area contributed by atoms with Gasteiger partial charge in [0.25, 0.3) is 0 Å². The van der Waals surface area contributed by atoms with Gasteiger partial charge < -0.3 is 24.0 Å². The van der Waals surface area contributed by atoms with Crippen LogP contribution in [0.3, 0.4) is 0 Å². The minimum absolute atomic E-state index is 0. The average molecular weight is 381 g/mol. The van der Waals surface area contributed by atoms with Crippen LogP contribution in [0.4, 0.5) is 0 Å². The van der Waals surface area contributed by atoms with E-state index < -0.39 is 0 Å². The molecule has 0 radical (unpaired) electrons. The van der Waals surface area contributed by atoms with Gasteiger partial charge in [0, 0.05) is 0 Å². The Labute approximate surface area is 88.4 Å². The van der Waals surface area contributed by atoms with E-state index >= 15 is 0 Å². The molecular formula is C4H15GeISn. The Morgan fingerprint density at radius 1 is 1.43 bits per heavy atom. The van der Waals surface area contributed by atoms with Crippen LogP contribution in [0.1, 0.15) is 19.8 Å². The Morgan fingerprint density at radius 3 is 1.86 bits per heavy atom. The van der Waals surface area contributed by atoms with E-state index in [1.54, 1.807) is 0 Å². The first-order valence-corrected chi connectivity index (χ1v) is 4.31. The Hall–Kier alpha value is 2.07. The van der Waals surface area contributed by atoms with Gasteiger partial charge in [-0.15, -0.1) is 0 Å². The van der Waals surface area contributed by atoms with Gasteiger partial charge in [-0.3, -0.25) is 0 Å². The first-order valence-electron chi connectivity index (χ1n) is 2.21. The van der Waals surface area contributed by atoms with Crippen molar-refractivity contribution in [3.8, 4) is 0 Å². The van der Waals surface area contributed by atoms with Crippen molar-refractivity contribution in [2.75, 3.05) is 0 Å². The van der Waals surface area contributed by atoms with Crippen LogP contribution in [-0.2, 0) is 0 Å². The monoisotopic (exact) mass is 384 g/mol. The van der Waals surface area contributed by atoms with Crippen LogP contribution in [-0.4, -0.2) is 40.4 Å². The molecule has 0 aliphatic rings. The summed E-state index contributed by atoms with van der Waals surface area (Å²) in [7, 11) is 0. The quantitative estimate of drug-likeness (QED) is 0.343. The molecule has 0 aromatic heterocycles. The summed E-state index contributed by atoms with van der Waals surface area (Å²) in [5.74, 6) is 0. The van der Waals surface area contributed by atoms with Gasteiger partial charge in [-0.2, -0.15) is 0 Å². The molecule has 0 spiro atoms. The maximum atomic E-state index is 2.23. The topological polar surface area (TPSA) is 0 Å². The van der Waals surface area contributed by atoms with Gasteiger partial charge >= 0.3 is 65.4 Å². The summed E-state index contributed by atoms with van der Waals surface area (Å²) in [6.45, 7) is 2.23. The van der Waals surface area contributed by atoms with Gasteiger partial charge in [0.05, 0.1) is 0 Å².